The highest BCUT2D eigenvalue weighted by Crippen LogP contribution is 2.26. The van der Waals surface area contributed by atoms with Crippen LogP contribution in [0.1, 0.15) is 27.2 Å². The predicted molar refractivity (Wildman–Crippen MR) is 111 cm³/mol. The summed E-state index contributed by atoms with van der Waals surface area (Å²) in [5.74, 6) is 0.626. The van der Waals surface area contributed by atoms with E-state index in [1.807, 2.05) is 60.4 Å². The molecule has 29 heavy (non-hydrogen) atoms. The fourth-order valence-corrected chi connectivity index (χ4v) is 3.87. The Morgan fingerprint density at radius 3 is 2.66 bits per heavy atom. The molecule has 0 N–H and O–H groups in total. The van der Waals surface area contributed by atoms with Crippen LogP contribution in [-0.4, -0.2) is 27.1 Å². The van der Waals surface area contributed by atoms with Gasteiger partial charge in [0.25, 0.3) is 5.91 Å². The number of amides is 1. The number of furan rings is 1. The second-order valence-electron chi connectivity index (χ2n) is 7.39. The molecule has 3 heterocycles. The third-order valence-corrected chi connectivity index (χ3v) is 5.37. The van der Waals surface area contributed by atoms with Crippen molar-refractivity contribution in [3.8, 4) is 17.1 Å². The first-order valence-electron chi connectivity index (χ1n) is 9.76. The van der Waals surface area contributed by atoms with E-state index in [4.69, 9.17) is 9.52 Å². The Kier molecular flexibility index (Phi) is 4.28. The molecule has 1 aliphatic rings. The summed E-state index contributed by atoms with van der Waals surface area (Å²) in [6.07, 6.45) is 2.48. The van der Waals surface area contributed by atoms with Crippen molar-refractivity contribution < 1.29 is 9.21 Å². The van der Waals surface area contributed by atoms with Gasteiger partial charge >= 0.3 is 0 Å². The van der Waals surface area contributed by atoms with Crippen molar-refractivity contribution in [2.45, 2.75) is 19.9 Å². The molecule has 5 nitrogen and oxygen atoms in total. The summed E-state index contributed by atoms with van der Waals surface area (Å²) in [4.78, 5) is 15.4. The lowest BCUT2D eigenvalue weighted by Crippen LogP contribution is -2.37. The van der Waals surface area contributed by atoms with Crippen molar-refractivity contribution in [3.63, 3.8) is 0 Å². The van der Waals surface area contributed by atoms with E-state index in [-0.39, 0.29) is 5.91 Å². The number of rotatable bonds is 3. The highest BCUT2D eigenvalue weighted by Gasteiger charge is 2.26. The summed E-state index contributed by atoms with van der Waals surface area (Å²) < 4.78 is 7.25. The number of carbonyl (C=O) groups is 1. The predicted octanol–water partition coefficient (Wildman–Crippen LogP) is 4.64. The minimum Gasteiger partial charge on any atom is -0.463 e. The number of carbonyl (C=O) groups excluding carboxylic acids is 1. The van der Waals surface area contributed by atoms with Crippen LogP contribution >= 0.6 is 0 Å². The van der Waals surface area contributed by atoms with E-state index in [9.17, 15) is 4.79 Å². The first-order chi connectivity index (χ1) is 14.2. The molecule has 0 spiro atoms. The van der Waals surface area contributed by atoms with Crippen LogP contribution < -0.4 is 0 Å². The molecule has 1 amide bonds. The normalized spacial score (nSPS) is 13.3. The first kappa shape index (κ1) is 17.5. The SMILES string of the molecule is Cc1cccc(-n2nc(-c3ccco3)cc2C(=O)N2CCc3ccccc3C2)c1. The maximum atomic E-state index is 13.5. The molecule has 144 valence electrons. The van der Waals surface area contributed by atoms with Crippen molar-refractivity contribution in [1.82, 2.24) is 14.7 Å². The zero-order valence-corrected chi connectivity index (χ0v) is 16.2. The van der Waals surface area contributed by atoms with Crippen LogP contribution in [0.4, 0.5) is 0 Å². The first-order valence-corrected chi connectivity index (χ1v) is 9.76. The molecule has 0 unspecified atom stereocenters. The van der Waals surface area contributed by atoms with Gasteiger partial charge in [-0.15, -0.1) is 0 Å². The highest BCUT2D eigenvalue weighted by molar-refractivity contribution is 5.94. The lowest BCUT2D eigenvalue weighted by Gasteiger charge is -2.29. The summed E-state index contributed by atoms with van der Waals surface area (Å²) in [6, 6.07) is 21.8. The molecule has 0 saturated heterocycles. The number of aryl methyl sites for hydroxylation is 1. The molecule has 0 saturated carbocycles. The van der Waals surface area contributed by atoms with E-state index < -0.39 is 0 Å². The second kappa shape index (κ2) is 7.09. The maximum absolute atomic E-state index is 13.5. The Bertz CT molecular complexity index is 1170. The van der Waals surface area contributed by atoms with Crippen LogP contribution in [0.15, 0.2) is 77.4 Å². The van der Waals surface area contributed by atoms with E-state index >= 15 is 0 Å². The van der Waals surface area contributed by atoms with Crippen molar-refractivity contribution in [2.75, 3.05) is 6.54 Å². The molecule has 0 fully saturated rings. The van der Waals surface area contributed by atoms with Gasteiger partial charge in [0, 0.05) is 19.2 Å². The zero-order valence-electron chi connectivity index (χ0n) is 16.2. The van der Waals surface area contributed by atoms with E-state index in [1.165, 1.54) is 11.1 Å². The molecule has 0 atom stereocenters. The summed E-state index contributed by atoms with van der Waals surface area (Å²) in [5, 5.41) is 4.70. The van der Waals surface area contributed by atoms with Crippen LogP contribution in [0.2, 0.25) is 0 Å². The van der Waals surface area contributed by atoms with Gasteiger partial charge < -0.3 is 9.32 Å². The quantitative estimate of drug-likeness (QED) is 0.518. The Morgan fingerprint density at radius 1 is 1.00 bits per heavy atom. The molecule has 2 aromatic heterocycles. The van der Waals surface area contributed by atoms with E-state index in [2.05, 4.69) is 18.2 Å². The molecule has 5 rings (SSSR count). The number of hydrogen-bond acceptors (Lipinski definition) is 3. The Labute approximate surface area is 169 Å². The summed E-state index contributed by atoms with van der Waals surface area (Å²) in [6.45, 7) is 3.35. The molecule has 1 aliphatic heterocycles. The molecular weight excluding hydrogens is 362 g/mol. The molecular formula is C24H21N3O2. The number of aromatic nitrogens is 2. The van der Waals surface area contributed by atoms with Gasteiger partial charge in [-0.05, 0) is 54.3 Å². The summed E-state index contributed by atoms with van der Waals surface area (Å²) >= 11 is 0. The second-order valence-corrected chi connectivity index (χ2v) is 7.39. The van der Waals surface area contributed by atoms with Crippen molar-refractivity contribution in [2.24, 2.45) is 0 Å². The standard InChI is InChI=1S/C24H21N3O2/c1-17-6-4-9-20(14-17)27-22(15-21(25-27)23-10-5-13-29-23)24(28)26-12-11-18-7-2-3-8-19(18)16-26/h2-10,13-15H,11-12,16H2,1H3. The van der Waals surface area contributed by atoms with Crippen molar-refractivity contribution in [3.05, 3.63) is 95.4 Å². The van der Waals surface area contributed by atoms with Crippen molar-refractivity contribution >= 4 is 5.91 Å². The van der Waals surface area contributed by atoms with E-state index in [0.29, 0.717) is 30.2 Å². The van der Waals surface area contributed by atoms with Gasteiger partial charge in [0.15, 0.2) is 5.76 Å². The third kappa shape index (κ3) is 3.25. The van der Waals surface area contributed by atoms with Crippen LogP contribution in [0.3, 0.4) is 0 Å². The van der Waals surface area contributed by atoms with Gasteiger partial charge in [-0.2, -0.15) is 5.10 Å². The van der Waals surface area contributed by atoms with Gasteiger partial charge in [0.2, 0.25) is 0 Å². The van der Waals surface area contributed by atoms with Crippen LogP contribution in [0.5, 0.6) is 0 Å². The molecule has 0 aliphatic carbocycles. The monoisotopic (exact) mass is 383 g/mol. The topological polar surface area (TPSA) is 51.3 Å². The smallest absolute Gasteiger partial charge is 0.272 e. The number of fused-ring (bicyclic) bond motifs is 1. The Morgan fingerprint density at radius 2 is 1.86 bits per heavy atom. The Balaban J connectivity index is 1.56. The van der Waals surface area contributed by atoms with E-state index in [0.717, 1.165) is 17.7 Å². The van der Waals surface area contributed by atoms with Crippen LogP contribution in [0, 0.1) is 6.92 Å². The maximum Gasteiger partial charge on any atom is 0.272 e. The van der Waals surface area contributed by atoms with Gasteiger partial charge in [-0.25, -0.2) is 4.68 Å². The average molecular weight is 383 g/mol. The Hall–Kier alpha value is -3.60. The minimum atomic E-state index is -0.0219. The number of benzene rings is 2. The van der Waals surface area contributed by atoms with Gasteiger partial charge in [-0.3, -0.25) is 4.79 Å². The fraction of sp³-hybridized carbons (Fsp3) is 0.167. The molecule has 0 radical (unpaired) electrons. The largest absolute Gasteiger partial charge is 0.463 e. The van der Waals surface area contributed by atoms with Crippen molar-refractivity contribution in [1.29, 1.82) is 0 Å². The lowest BCUT2D eigenvalue weighted by atomic mass is 10.00. The third-order valence-electron chi connectivity index (χ3n) is 5.37. The lowest BCUT2D eigenvalue weighted by molar-refractivity contribution is 0.0725. The minimum absolute atomic E-state index is 0.0219. The summed E-state index contributed by atoms with van der Waals surface area (Å²) in [7, 11) is 0. The van der Waals surface area contributed by atoms with Gasteiger partial charge in [-0.1, -0.05) is 36.4 Å². The van der Waals surface area contributed by atoms with Gasteiger partial charge in [0.05, 0.1) is 12.0 Å². The number of hydrogen-bond donors (Lipinski definition) is 0. The van der Waals surface area contributed by atoms with Gasteiger partial charge in [0.1, 0.15) is 11.4 Å². The molecule has 5 heteroatoms. The molecule has 2 aromatic carbocycles. The zero-order chi connectivity index (χ0) is 19.8. The van der Waals surface area contributed by atoms with Crippen LogP contribution in [-0.2, 0) is 13.0 Å². The van der Waals surface area contributed by atoms with Crippen LogP contribution in [0.25, 0.3) is 17.1 Å². The highest BCUT2D eigenvalue weighted by atomic mass is 16.3. The molecule has 4 aromatic rings. The molecule has 0 bridgehead atoms. The average Bonchev–Trinajstić information content (AvgIpc) is 3.43. The number of nitrogens with zero attached hydrogens (tertiary/aromatic N) is 3. The van der Waals surface area contributed by atoms with E-state index in [1.54, 1.807) is 10.9 Å². The summed E-state index contributed by atoms with van der Waals surface area (Å²) in [5.41, 5.74) is 5.70. The fourth-order valence-electron chi connectivity index (χ4n) is 3.87.